The van der Waals surface area contributed by atoms with Crippen molar-refractivity contribution >= 4 is 11.6 Å². The van der Waals surface area contributed by atoms with Gasteiger partial charge in [0.05, 0.1) is 0 Å². The summed E-state index contributed by atoms with van der Waals surface area (Å²) >= 11 is 0. The summed E-state index contributed by atoms with van der Waals surface area (Å²) in [6.07, 6.45) is 1.58. The molecule has 17 heavy (non-hydrogen) atoms. The minimum Gasteiger partial charge on any atom is -0.314 e. The monoisotopic (exact) mass is 232 g/mol. The van der Waals surface area contributed by atoms with E-state index in [0.29, 0.717) is 6.42 Å². The van der Waals surface area contributed by atoms with Gasteiger partial charge in [0.25, 0.3) is 0 Å². The number of rotatable bonds is 1. The number of anilines is 1. The van der Waals surface area contributed by atoms with Gasteiger partial charge in [-0.25, -0.2) is 0 Å². The summed E-state index contributed by atoms with van der Waals surface area (Å²) in [7, 11) is 0. The molecule has 0 aromatic heterocycles. The fourth-order valence-corrected chi connectivity index (χ4v) is 2.22. The largest absolute Gasteiger partial charge is 0.314 e. The van der Waals surface area contributed by atoms with Crippen molar-refractivity contribution in [3.63, 3.8) is 0 Å². The lowest BCUT2D eigenvalue weighted by Gasteiger charge is -2.28. The van der Waals surface area contributed by atoms with Gasteiger partial charge in [0.15, 0.2) is 0 Å². The molecule has 1 atom stereocenters. The summed E-state index contributed by atoms with van der Waals surface area (Å²) in [6.45, 7) is 5.92. The number of nitrogens with one attached hydrogen (secondary N) is 1. The van der Waals surface area contributed by atoms with Crippen molar-refractivity contribution in [3.8, 4) is 0 Å². The van der Waals surface area contributed by atoms with E-state index in [1.807, 2.05) is 17.0 Å². The number of hydrogen-bond acceptors (Lipinski definition) is 2. The van der Waals surface area contributed by atoms with Crippen LogP contribution < -0.4 is 10.2 Å². The number of benzene rings is 1. The molecule has 0 spiro atoms. The number of carbonyl (C=O) groups is 1. The van der Waals surface area contributed by atoms with E-state index in [0.717, 1.165) is 25.2 Å². The Morgan fingerprint density at radius 1 is 1.41 bits per heavy atom. The van der Waals surface area contributed by atoms with Crippen molar-refractivity contribution in [2.45, 2.75) is 32.7 Å². The third kappa shape index (κ3) is 3.07. The van der Waals surface area contributed by atoms with Crippen LogP contribution >= 0.6 is 0 Å². The minimum absolute atomic E-state index is 0.218. The van der Waals surface area contributed by atoms with E-state index in [2.05, 4.69) is 31.3 Å². The van der Waals surface area contributed by atoms with Crippen molar-refractivity contribution in [1.29, 1.82) is 0 Å². The van der Waals surface area contributed by atoms with Crippen molar-refractivity contribution in [2.75, 3.05) is 18.0 Å². The third-order valence-corrected chi connectivity index (χ3v) is 3.15. The predicted molar refractivity (Wildman–Crippen MR) is 70.2 cm³/mol. The average molecular weight is 232 g/mol. The van der Waals surface area contributed by atoms with Crippen LogP contribution in [0.3, 0.4) is 0 Å². The Balaban J connectivity index is 2.19. The van der Waals surface area contributed by atoms with Crippen LogP contribution in [-0.4, -0.2) is 25.0 Å². The molecule has 1 aromatic carbocycles. The molecule has 3 nitrogen and oxygen atoms in total. The minimum atomic E-state index is 0.218. The van der Waals surface area contributed by atoms with Gasteiger partial charge in [0.2, 0.25) is 5.91 Å². The summed E-state index contributed by atoms with van der Waals surface area (Å²) < 4.78 is 0. The smallest absolute Gasteiger partial charge is 0.228 e. The van der Waals surface area contributed by atoms with Gasteiger partial charge < -0.3 is 10.2 Å². The Bertz CT molecular complexity index is 403. The van der Waals surface area contributed by atoms with Crippen LogP contribution in [0.2, 0.25) is 0 Å². The molecule has 92 valence electrons. The van der Waals surface area contributed by atoms with Crippen molar-refractivity contribution < 1.29 is 4.79 Å². The fourth-order valence-electron chi connectivity index (χ4n) is 2.22. The van der Waals surface area contributed by atoms with Crippen LogP contribution in [-0.2, 0) is 4.79 Å². The van der Waals surface area contributed by atoms with Crippen molar-refractivity contribution in [1.82, 2.24) is 5.32 Å². The quantitative estimate of drug-likeness (QED) is 0.804. The highest BCUT2D eigenvalue weighted by Crippen LogP contribution is 2.18. The second-order valence-corrected chi connectivity index (χ2v) is 4.80. The maximum absolute atomic E-state index is 12.2. The van der Waals surface area contributed by atoms with Crippen molar-refractivity contribution in [3.05, 3.63) is 29.8 Å². The molecule has 1 aliphatic heterocycles. The topological polar surface area (TPSA) is 32.3 Å². The number of aryl methyl sites for hydroxylation is 1. The zero-order valence-electron chi connectivity index (χ0n) is 10.6. The molecule has 0 bridgehead atoms. The Hall–Kier alpha value is -1.35. The second kappa shape index (κ2) is 5.32. The third-order valence-electron chi connectivity index (χ3n) is 3.15. The van der Waals surface area contributed by atoms with Crippen LogP contribution in [0.5, 0.6) is 0 Å². The first-order valence-electron chi connectivity index (χ1n) is 6.27. The molecule has 0 aliphatic carbocycles. The van der Waals surface area contributed by atoms with E-state index in [9.17, 15) is 4.79 Å². The molecule has 1 heterocycles. The number of carbonyl (C=O) groups excluding carboxylic acids is 1. The maximum Gasteiger partial charge on any atom is 0.228 e. The zero-order valence-corrected chi connectivity index (χ0v) is 10.6. The Morgan fingerprint density at radius 2 is 2.24 bits per heavy atom. The summed E-state index contributed by atoms with van der Waals surface area (Å²) in [4.78, 5) is 14.1. The average Bonchev–Trinajstić information content (AvgIpc) is 2.26. The fraction of sp³-hybridized carbons (Fsp3) is 0.500. The lowest BCUT2D eigenvalue weighted by atomic mass is 10.1. The summed E-state index contributed by atoms with van der Waals surface area (Å²) in [5, 5.41) is 3.35. The first-order valence-corrected chi connectivity index (χ1v) is 6.27. The van der Waals surface area contributed by atoms with Gasteiger partial charge in [-0.05, 0) is 44.5 Å². The van der Waals surface area contributed by atoms with Gasteiger partial charge in [-0.3, -0.25) is 4.79 Å². The first-order chi connectivity index (χ1) is 8.16. The Morgan fingerprint density at radius 3 is 3.00 bits per heavy atom. The van der Waals surface area contributed by atoms with Crippen LogP contribution in [0.4, 0.5) is 5.69 Å². The van der Waals surface area contributed by atoms with E-state index in [-0.39, 0.29) is 11.9 Å². The molecular formula is C14H20N2O. The summed E-state index contributed by atoms with van der Waals surface area (Å²) in [5.74, 6) is 0.218. The molecule has 2 rings (SSSR count). The van der Waals surface area contributed by atoms with E-state index in [4.69, 9.17) is 0 Å². The Labute approximate surface area is 103 Å². The lowest BCUT2D eigenvalue weighted by Crippen LogP contribution is -2.42. The van der Waals surface area contributed by atoms with Gasteiger partial charge >= 0.3 is 0 Å². The van der Waals surface area contributed by atoms with E-state index in [1.54, 1.807) is 0 Å². The molecule has 1 aliphatic rings. The summed E-state index contributed by atoms with van der Waals surface area (Å²) in [5.41, 5.74) is 2.23. The normalized spacial score (nSPS) is 22.1. The molecule has 1 fully saturated rings. The zero-order chi connectivity index (χ0) is 12.3. The van der Waals surface area contributed by atoms with E-state index in [1.165, 1.54) is 5.56 Å². The molecule has 0 saturated carbocycles. The van der Waals surface area contributed by atoms with Crippen molar-refractivity contribution in [2.24, 2.45) is 0 Å². The number of amides is 1. The molecule has 1 saturated heterocycles. The molecule has 1 unspecified atom stereocenters. The van der Waals surface area contributed by atoms with Gasteiger partial charge in [0, 0.05) is 24.7 Å². The second-order valence-electron chi connectivity index (χ2n) is 4.80. The molecule has 1 N–H and O–H groups in total. The molecule has 1 amide bonds. The van der Waals surface area contributed by atoms with Crippen LogP contribution in [0.25, 0.3) is 0 Å². The molecule has 0 radical (unpaired) electrons. The Kier molecular flexibility index (Phi) is 3.79. The van der Waals surface area contributed by atoms with Crippen LogP contribution in [0.15, 0.2) is 24.3 Å². The van der Waals surface area contributed by atoms with Gasteiger partial charge in [-0.2, -0.15) is 0 Å². The van der Waals surface area contributed by atoms with Gasteiger partial charge in [-0.1, -0.05) is 12.1 Å². The number of nitrogens with zero attached hydrogens (tertiary/aromatic N) is 1. The molecule has 1 aromatic rings. The molecular weight excluding hydrogens is 212 g/mol. The standard InChI is InChI=1S/C14H20N2O/c1-11-5-3-6-13(9-11)16-8-4-7-15-12(2)10-14(16)17/h3,5-6,9,12,15H,4,7-8,10H2,1-2H3. The summed E-state index contributed by atoms with van der Waals surface area (Å²) in [6, 6.07) is 8.44. The lowest BCUT2D eigenvalue weighted by molar-refractivity contribution is -0.119. The van der Waals surface area contributed by atoms with E-state index < -0.39 is 0 Å². The highest BCUT2D eigenvalue weighted by atomic mass is 16.2. The number of hydrogen-bond donors (Lipinski definition) is 1. The van der Waals surface area contributed by atoms with Crippen LogP contribution in [0.1, 0.15) is 25.3 Å². The van der Waals surface area contributed by atoms with E-state index >= 15 is 0 Å². The predicted octanol–water partition coefficient (Wildman–Crippen LogP) is 2.10. The highest BCUT2D eigenvalue weighted by Gasteiger charge is 2.20. The first kappa shape index (κ1) is 12.1. The van der Waals surface area contributed by atoms with Gasteiger partial charge in [-0.15, -0.1) is 0 Å². The molecule has 3 heteroatoms. The SMILES string of the molecule is Cc1cccc(N2CCCNC(C)CC2=O)c1. The van der Waals surface area contributed by atoms with Crippen LogP contribution in [0, 0.1) is 6.92 Å². The highest BCUT2D eigenvalue weighted by molar-refractivity contribution is 5.93. The van der Waals surface area contributed by atoms with Gasteiger partial charge in [0.1, 0.15) is 0 Å². The maximum atomic E-state index is 12.2.